The number of rotatable bonds is 6. The van der Waals surface area contributed by atoms with Crippen molar-refractivity contribution in [2.45, 2.75) is 26.8 Å². The van der Waals surface area contributed by atoms with Crippen LogP contribution in [0.15, 0.2) is 16.5 Å². The van der Waals surface area contributed by atoms with E-state index in [1.54, 1.807) is 0 Å². The maximum absolute atomic E-state index is 8.73. The maximum Gasteiger partial charge on any atom is 0.118 e. The second kappa shape index (κ2) is 5.83. The van der Waals surface area contributed by atoms with Crippen LogP contribution in [0, 0.1) is 6.92 Å². The van der Waals surface area contributed by atoms with Gasteiger partial charge in [0.15, 0.2) is 0 Å². The molecule has 0 bridgehead atoms. The summed E-state index contributed by atoms with van der Waals surface area (Å²) in [5.41, 5.74) is 0. The number of aliphatic hydroxyl groups excluding tert-OH is 1. The Bertz CT molecular complexity index is 258. The van der Waals surface area contributed by atoms with E-state index in [0.717, 1.165) is 37.6 Å². The minimum atomic E-state index is 0.258. The van der Waals surface area contributed by atoms with E-state index < -0.39 is 0 Å². The van der Waals surface area contributed by atoms with Gasteiger partial charge in [0.2, 0.25) is 0 Å². The summed E-state index contributed by atoms with van der Waals surface area (Å²) in [5.74, 6) is 1.96. The number of aryl methyl sites for hydroxylation is 1. The molecule has 1 aromatic rings. The van der Waals surface area contributed by atoms with Gasteiger partial charge in [-0.25, -0.2) is 0 Å². The molecule has 0 aromatic carbocycles. The zero-order valence-corrected chi connectivity index (χ0v) is 8.99. The molecule has 0 aliphatic rings. The molecule has 1 heterocycles. The highest BCUT2D eigenvalue weighted by molar-refractivity contribution is 5.05. The van der Waals surface area contributed by atoms with Crippen LogP contribution in [0.4, 0.5) is 0 Å². The molecule has 1 rings (SSSR count). The van der Waals surface area contributed by atoms with Crippen molar-refractivity contribution in [1.29, 1.82) is 0 Å². The first kappa shape index (κ1) is 11.3. The first-order valence-electron chi connectivity index (χ1n) is 5.14. The van der Waals surface area contributed by atoms with E-state index in [4.69, 9.17) is 9.52 Å². The topological polar surface area (TPSA) is 36.6 Å². The molecule has 0 amide bonds. The summed E-state index contributed by atoms with van der Waals surface area (Å²) in [6, 6.07) is 3.99. The first-order chi connectivity index (χ1) is 6.76. The molecule has 0 spiro atoms. The van der Waals surface area contributed by atoms with Gasteiger partial charge in [-0.3, -0.25) is 4.90 Å². The molecule has 0 radical (unpaired) electrons. The van der Waals surface area contributed by atoms with Crippen LogP contribution in [0.3, 0.4) is 0 Å². The molecule has 0 aliphatic carbocycles. The molecule has 1 aromatic heterocycles. The van der Waals surface area contributed by atoms with E-state index in [9.17, 15) is 0 Å². The van der Waals surface area contributed by atoms with Crippen molar-refractivity contribution in [3.8, 4) is 0 Å². The fourth-order valence-corrected chi connectivity index (χ4v) is 1.43. The van der Waals surface area contributed by atoms with Crippen molar-refractivity contribution >= 4 is 0 Å². The van der Waals surface area contributed by atoms with E-state index in [2.05, 4.69) is 11.8 Å². The van der Waals surface area contributed by atoms with E-state index in [-0.39, 0.29) is 6.61 Å². The third-order valence-electron chi connectivity index (χ3n) is 2.26. The summed E-state index contributed by atoms with van der Waals surface area (Å²) in [7, 11) is 0. The van der Waals surface area contributed by atoms with E-state index in [1.165, 1.54) is 0 Å². The highest BCUT2D eigenvalue weighted by atomic mass is 16.3. The lowest BCUT2D eigenvalue weighted by Crippen LogP contribution is -2.24. The molecular weight excluding hydrogens is 178 g/mol. The molecule has 0 fully saturated rings. The number of aliphatic hydroxyl groups is 1. The zero-order chi connectivity index (χ0) is 10.4. The molecule has 14 heavy (non-hydrogen) atoms. The Balaban J connectivity index is 2.40. The lowest BCUT2D eigenvalue weighted by molar-refractivity contribution is 0.214. The van der Waals surface area contributed by atoms with Gasteiger partial charge in [-0.15, -0.1) is 0 Å². The molecule has 0 aliphatic heterocycles. The third-order valence-corrected chi connectivity index (χ3v) is 2.26. The van der Waals surface area contributed by atoms with Crippen molar-refractivity contribution < 1.29 is 9.52 Å². The summed E-state index contributed by atoms with van der Waals surface area (Å²) in [5, 5.41) is 8.73. The number of furan rings is 1. The quantitative estimate of drug-likeness (QED) is 0.755. The number of hydrogen-bond acceptors (Lipinski definition) is 3. The van der Waals surface area contributed by atoms with Gasteiger partial charge in [0, 0.05) is 13.2 Å². The first-order valence-corrected chi connectivity index (χ1v) is 5.14. The smallest absolute Gasteiger partial charge is 0.118 e. The summed E-state index contributed by atoms with van der Waals surface area (Å²) in [6.45, 7) is 7.07. The van der Waals surface area contributed by atoms with Crippen LogP contribution >= 0.6 is 0 Å². The van der Waals surface area contributed by atoms with Gasteiger partial charge in [0.25, 0.3) is 0 Å². The van der Waals surface area contributed by atoms with Crippen LogP contribution < -0.4 is 0 Å². The van der Waals surface area contributed by atoms with Crippen molar-refractivity contribution in [1.82, 2.24) is 4.90 Å². The molecule has 1 N–H and O–H groups in total. The normalized spacial score (nSPS) is 11.1. The van der Waals surface area contributed by atoms with Crippen LogP contribution in [0.5, 0.6) is 0 Å². The van der Waals surface area contributed by atoms with E-state index >= 15 is 0 Å². The monoisotopic (exact) mass is 197 g/mol. The summed E-state index contributed by atoms with van der Waals surface area (Å²) >= 11 is 0. The Labute approximate surface area is 85.3 Å². The lowest BCUT2D eigenvalue weighted by atomic mass is 10.3. The predicted octanol–water partition coefficient (Wildman–Crippen LogP) is 1.79. The molecule has 0 unspecified atom stereocenters. The highest BCUT2D eigenvalue weighted by Gasteiger charge is 2.05. The molecule has 0 saturated carbocycles. The zero-order valence-electron chi connectivity index (χ0n) is 8.99. The highest BCUT2D eigenvalue weighted by Crippen LogP contribution is 2.09. The summed E-state index contributed by atoms with van der Waals surface area (Å²) in [4.78, 5) is 2.26. The fraction of sp³-hybridized carbons (Fsp3) is 0.636. The second-order valence-corrected chi connectivity index (χ2v) is 3.46. The van der Waals surface area contributed by atoms with Crippen LogP contribution in [0.1, 0.15) is 24.9 Å². The Morgan fingerprint density at radius 1 is 1.43 bits per heavy atom. The maximum atomic E-state index is 8.73. The minimum Gasteiger partial charge on any atom is -0.465 e. The van der Waals surface area contributed by atoms with Gasteiger partial charge in [-0.1, -0.05) is 6.92 Å². The van der Waals surface area contributed by atoms with Crippen molar-refractivity contribution in [3.63, 3.8) is 0 Å². The van der Waals surface area contributed by atoms with Gasteiger partial charge >= 0.3 is 0 Å². The average Bonchev–Trinajstić information content (AvgIpc) is 2.58. The Kier molecular flexibility index (Phi) is 4.70. The average molecular weight is 197 g/mol. The van der Waals surface area contributed by atoms with E-state index in [0.29, 0.717) is 0 Å². The molecule has 0 saturated heterocycles. The fourth-order valence-electron chi connectivity index (χ4n) is 1.43. The SMILES string of the molecule is CCN(CCCO)Cc1ccc(C)o1. The van der Waals surface area contributed by atoms with Gasteiger partial charge in [-0.2, -0.15) is 0 Å². The molecule has 3 heteroatoms. The van der Waals surface area contributed by atoms with Crippen LogP contribution in [-0.4, -0.2) is 29.7 Å². The van der Waals surface area contributed by atoms with Crippen molar-refractivity contribution in [2.24, 2.45) is 0 Å². The number of hydrogen-bond donors (Lipinski definition) is 1. The van der Waals surface area contributed by atoms with Gasteiger partial charge in [0.05, 0.1) is 6.54 Å². The largest absolute Gasteiger partial charge is 0.465 e. The van der Waals surface area contributed by atoms with Crippen LogP contribution in [-0.2, 0) is 6.54 Å². The van der Waals surface area contributed by atoms with Gasteiger partial charge in [0.1, 0.15) is 11.5 Å². The second-order valence-electron chi connectivity index (χ2n) is 3.46. The Morgan fingerprint density at radius 2 is 2.21 bits per heavy atom. The van der Waals surface area contributed by atoms with Crippen LogP contribution in [0.25, 0.3) is 0 Å². The third kappa shape index (κ3) is 3.52. The molecule has 80 valence electrons. The predicted molar refractivity (Wildman–Crippen MR) is 56.1 cm³/mol. The Hall–Kier alpha value is -0.800. The minimum absolute atomic E-state index is 0.258. The van der Waals surface area contributed by atoms with E-state index in [1.807, 2.05) is 19.1 Å². The Morgan fingerprint density at radius 3 is 2.71 bits per heavy atom. The summed E-state index contributed by atoms with van der Waals surface area (Å²) in [6.07, 6.45) is 0.827. The summed E-state index contributed by atoms with van der Waals surface area (Å²) < 4.78 is 5.49. The standard InChI is InChI=1S/C11H19NO2/c1-3-12(7-4-8-13)9-11-6-5-10(2)14-11/h5-6,13H,3-4,7-9H2,1-2H3. The molecule has 0 atom stereocenters. The van der Waals surface area contributed by atoms with Crippen molar-refractivity contribution in [3.05, 3.63) is 23.7 Å². The van der Waals surface area contributed by atoms with Crippen molar-refractivity contribution in [2.75, 3.05) is 19.7 Å². The number of nitrogens with zero attached hydrogens (tertiary/aromatic N) is 1. The van der Waals surface area contributed by atoms with Gasteiger partial charge in [-0.05, 0) is 32.0 Å². The van der Waals surface area contributed by atoms with Gasteiger partial charge < -0.3 is 9.52 Å². The molecular formula is C11H19NO2. The van der Waals surface area contributed by atoms with Crippen LogP contribution in [0.2, 0.25) is 0 Å². The molecule has 3 nitrogen and oxygen atoms in total. The lowest BCUT2D eigenvalue weighted by Gasteiger charge is -2.18.